The van der Waals surface area contributed by atoms with Gasteiger partial charge in [0.2, 0.25) is 0 Å². The zero-order valence-electron chi connectivity index (χ0n) is 8.76. The van der Waals surface area contributed by atoms with Gasteiger partial charge in [-0.15, -0.1) is 0 Å². The Morgan fingerprint density at radius 1 is 1.25 bits per heavy atom. The monoisotopic (exact) mass is 168 g/mol. The van der Waals surface area contributed by atoms with Gasteiger partial charge >= 0.3 is 0 Å². The largest absolute Gasteiger partial charge is 0.312 e. The molecule has 2 nitrogen and oxygen atoms in total. The van der Waals surface area contributed by atoms with Crippen LogP contribution in [-0.4, -0.2) is 12.4 Å². The van der Waals surface area contributed by atoms with Crippen molar-refractivity contribution in [2.75, 3.05) is 0 Å². The van der Waals surface area contributed by atoms with Crippen molar-refractivity contribution in [3.8, 4) is 0 Å². The summed E-state index contributed by atoms with van der Waals surface area (Å²) in [6, 6.07) is 0. The Hall–Kier alpha value is -0.920. The van der Waals surface area contributed by atoms with Crippen molar-refractivity contribution in [1.29, 1.82) is 5.41 Å². The first-order chi connectivity index (χ1) is 5.62. The van der Waals surface area contributed by atoms with E-state index >= 15 is 0 Å². The third kappa shape index (κ3) is 9.08. The number of nitrogens with one attached hydrogen (secondary N) is 1. The fourth-order valence-corrected chi connectivity index (χ4v) is 0.358. The zero-order valence-corrected chi connectivity index (χ0v) is 8.76. The van der Waals surface area contributed by atoms with Crippen LogP contribution in [0.15, 0.2) is 17.3 Å². The molecule has 0 amide bonds. The molecule has 0 atom stereocenters. The second-order valence-electron chi connectivity index (χ2n) is 2.73. The van der Waals surface area contributed by atoms with Gasteiger partial charge in [0.1, 0.15) is 0 Å². The molecule has 0 saturated carbocycles. The van der Waals surface area contributed by atoms with E-state index in [0.717, 1.165) is 0 Å². The smallest absolute Gasteiger partial charge is 0.0346 e. The van der Waals surface area contributed by atoms with E-state index < -0.39 is 0 Å². The van der Waals surface area contributed by atoms with Crippen LogP contribution in [-0.2, 0) is 0 Å². The molecule has 0 aliphatic rings. The van der Waals surface area contributed by atoms with Gasteiger partial charge in [0.15, 0.2) is 0 Å². The van der Waals surface area contributed by atoms with E-state index in [4.69, 9.17) is 5.41 Å². The van der Waals surface area contributed by atoms with E-state index in [1.807, 2.05) is 40.7 Å². The highest BCUT2D eigenvalue weighted by atomic mass is 14.7. The Morgan fingerprint density at radius 2 is 1.75 bits per heavy atom. The molecule has 12 heavy (non-hydrogen) atoms. The molecule has 0 heterocycles. The summed E-state index contributed by atoms with van der Waals surface area (Å²) in [7, 11) is 0. The van der Waals surface area contributed by atoms with Gasteiger partial charge in [-0.05, 0) is 20.8 Å². The van der Waals surface area contributed by atoms with Gasteiger partial charge in [-0.25, -0.2) is 0 Å². The van der Waals surface area contributed by atoms with Crippen LogP contribution in [0.4, 0.5) is 0 Å². The lowest BCUT2D eigenvalue weighted by molar-refractivity contribution is 0.760. The number of hydrogen-bond acceptors (Lipinski definition) is 2. The highest BCUT2D eigenvalue weighted by molar-refractivity contribution is 5.86. The fourth-order valence-electron chi connectivity index (χ4n) is 0.358. The highest BCUT2D eigenvalue weighted by Crippen LogP contribution is 2.06. The number of hydrogen-bond donors (Lipinski definition) is 1. The first-order valence-corrected chi connectivity index (χ1v) is 4.29. The molecule has 0 bridgehead atoms. The molecule has 0 unspecified atom stereocenters. The van der Waals surface area contributed by atoms with Gasteiger partial charge in [-0.3, -0.25) is 4.99 Å². The number of aliphatic imine (C=N–C) groups is 1. The fraction of sp³-hybridized carbons (Fsp3) is 0.600. The minimum atomic E-state index is -0.209. The van der Waals surface area contributed by atoms with E-state index in [2.05, 4.69) is 4.99 Å². The molecule has 2 heteroatoms. The second-order valence-corrected chi connectivity index (χ2v) is 2.73. The molecular weight excluding hydrogens is 148 g/mol. The normalized spacial score (nSPS) is 11.4. The van der Waals surface area contributed by atoms with Crippen molar-refractivity contribution in [3.05, 3.63) is 12.3 Å². The number of nitrogens with zero attached hydrogens (tertiary/aromatic N) is 1. The van der Waals surface area contributed by atoms with Crippen molar-refractivity contribution in [1.82, 2.24) is 0 Å². The Kier molecular flexibility index (Phi) is 9.31. The van der Waals surface area contributed by atoms with E-state index in [9.17, 15) is 0 Å². The summed E-state index contributed by atoms with van der Waals surface area (Å²) in [5.41, 5.74) is -0.209. The first kappa shape index (κ1) is 13.7. The molecule has 0 spiro atoms. The minimum absolute atomic E-state index is 0.209. The van der Waals surface area contributed by atoms with E-state index in [1.54, 1.807) is 12.4 Å². The maximum Gasteiger partial charge on any atom is 0.0346 e. The van der Waals surface area contributed by atoms with Gasteiger partial charge < -0.3 is 5.41 Å². The maximum absolute atomic E-state index is 7.00. The number of allylic oxidation sites excluding steroid dienone is 1. The van der Waals surface area contributed by atoms with Crippen LogP contribution in [0.2, 0.25) is 0 Å². The zero-order chi connectivity index (χ0) is 10.0. The van der Waals surface area contributed by atoms with Crippen molar-refractivity contribution in [3.63, 3.8) is 0 Å². The topological polar surface area (TPSA) is 36.2 Å². The molecule has 70 valence electrons. The average Bonchev–Trinajstić information content (AvgIpc) is 2.09. The lowest BCUT2D eigenvalue weighted by Crippen LogP contribution is -2.13. The summed E-state index contributed by atoms with van der Waals surface area (Å²) < 4.78 is 0. The van der Waals surface area contributed by atoms with Crippen LogP contribution >= 0.6 is 0 Å². The van der Waals surface area contributed by atoms with Crippen molar-refractivity contribution in [2.45, 2.75) is 34.6 Å². The lowest BCUT2D eigenvalue weighted by atomic mass is 9.98. The summed E-state index contributed by atoms with van der Waals surface area (Å²) in [5, 5.41) is 7.00. The Balaban J connectivity index is 0. The van der Waals surface area contributed by atoms with E-state index in [0.29, 0.717) is 0 Å². The standard InChI is InChI=1S/C8H14N2.C2H6/c1-4-5-10-7-8(2,3)6-9;1-2/h4-7,9H,1-3H3;1-2H3/b5-4-,9-6?,10-7?;. The molecule has 0 aliphatic carbocycles. The van der Waals surface area contributed by atoms with Crippen LogP contribution in [0.5, 0.6) is 0 Å². The average molecular weight is 168 g/mol. The Labute approximate surface area is 75.9 Å². The highest BCUT2D eigenvalue weighted by Gasteiger charge is 2.08. The number of rotatable bonds is 3. The summed E-state index contributed by atoms with van der Waals surface area (Å²) in [5.74, 6) is 0. The predicted molar refractivity (Wildman–Crippen MR) is 57.2 cm³/mol. The molecule has 0 aromatic carbocycles. The molecule has 0 fully saturated rings. The van der Waals surface area contributed by atoms with Crippen molar-refractivity contribution in [2.24, 2.45) is 10.4 Å². The van der Waals surface area contributed by atoms with Gasteiger partial charge in [0, 0.05) is 24.0 Å². The minimum Gasteiger partial charge on any atom is -0.312 e. The Morgan fingerprint density at radius 3 is 2.08 bits per heavy atom. The summed E-state index contributed by atoms with van der Waals surface area (Å²) >= 11 is 0. The summed E-state index contributed by atoms with van der Waals surface area (Å²) in [6.45, 7) is 9.79. The molecule has 0 aliphatic heterocycles. The van der Waals surface area contributed by atoms with E-state index in [-0.39, 0.29) is 5.41 Å². The maximum atomic E-state index is 7.00. The van der Waals surface area contributed by atoms with Crippen molar-refractivity contribution < 1.29 is 0 Å². The SMILES string of the molecule is C/C=C\N=CC(C)(C)C=N.CC. The van der Waals surface area contributed by atoms with Gasteiger partial charge in [0.05, 0.1) is 0 Å². The Bertz CT molecular complexity index is 155. The third-order valence-electron chi connectivity index (χ3n) is 1.01. The third-order valence-corrected chi connectivity index (χ3v) is 1.01. The van der Waals surface area contributed by atoms with E-state index in [1.165, 1.54) is 6.21 Å². The van der Waals surface area contributed by atoms with Crippen LogP contribution in [0.1, 0.15) is 34.6 Å². The molecule has 1 N–H and O–H groups in total. The summed E-state index contributed by atoms with van der Waals surface area (Å²) in [6.07, 6.45) is 6.70. The van der Waals surface area contributed by atoms with Gasteiger partial charge in [-0.1, -0.05) is 19.9 Å². The van der Waals surface area contributed by atoms with Crippen LogP contribution in [0, 0.1) is 10.8 Å². The summed E-state index contributed by atoms with van der Waals surface area (Å²) in [4.78, 5) is 3.98. The molecule has 0 rings (SSSR count). The van der Waals surface area contributed by atoms with Crippen LogP contribution < -0.4 is 0 Å². The quantitative estimate of drug-likeness (QED) is 0.628. The van der Waals surface area contributed by atoms with Gasteiger partial charge in [-0.2, -0.15) is 0 Å². The molecule has 0 radical (unpaired) electrons. The molecule has 0 aromatic heterocycles. The second kappa shape index (κ2) is 8.18. The lowest BCUT2D eigenvalue weighted by Gasteiger charge is -2.09. The first-order valence-electron chi connectivity index (χ1n) is 4.29. The molecular formula is C10H20N2. The molecule has 0 saturated heterocycles. The van der Waals surface area contributed by atoms with Crippen LogP contribution in [0.25, 0.3) is 0 Å². The molecule has 0 aromatic rings. The van der Waals surface area contributed by atoms with Crippen LogP contribution in [0.3, 0.4) is 0 Å². The van der Waals surface area contributed by atoms with Gasteiger partial charge in [0.25, 0.3) is 0 Å². The predicted octanol–water partition coefficient (Wildman–Crippen LogP) is 3.29. The van der Waals surface area contributed by atoms with Crippen molar-refractivity contribution >= 4 is 12.4 Å².